The van der Waals surface area contributed by atoms with Gasteiger partial charge in [0.2, 0.25) is 5.91 Å². The molecular weight excluding hydrogens is 394 g/mol. The van der Waals surface area contributed by atoms with Gasteiger partial charge in [-0.3, -0.25) is 4.79 Å². The van der Waals surface area contributed by atoms with E-state index in [0.29, 0.717) is 18.4 Å². The van der Waals surface area contributed by atoms with Crippen LogP contribution in [0.4, 0.5) is 10.5 Å². The van der Waals surface area contributed by atoms with Gasteiger partial charge in [0.15, 0.2) is 0 Å². The van der Waals surface area contributed by atoms with Crippen molar-refractivity contribution >= 4 is 17.7 Å². The van der Waals surface area contributed by atoms with Crippen LogP contribution in [0, 0.1) is 11.8 Å². The van der Waals surface area contributed by atoms with Crippen LogP contribution in [0.25, 0.3) is 0 Å². The molecule has 0 bridgehead atoms. The Bertz CT molecular complexity index is 745. The monoisotopic (exact) mass is 431 g/mol. The molecule has 1 aliphatic carbocycles. The maximum Gasteiger partial charge on any atom is 0.407 e. The van der Waals surface area contributed by atoms with Gasteiger partial charge >= 0.3 is 6.09 Å². The molecule has 1 N–H and O–H groups in total. The summed E-state index contributed by atoms with van der Waals surface area (Å²) in [7, 11) is 1.69. The molecule has 1 saturated carbocycles. The topological polar surface area (TPSA) is 71.1 Å². The predicted molar refractivity (Wildman–Crippen MR) is 121 cm³/mol. The number of rotatable bonds is 5. The van der Waals surface area contributed by atoms with Crippen molar-refractivity contribution in [3.8, 4) is 5.75 Å². The Hall–Kier alpha value is -2.44. The molecule has 2 amide bonds. The fourth-order valence-electron chi connectivity index (χ4n) is 4.47. The van der Waals surface area contributed by atoms with Crippen LogP contribution in [0.15, 0.2) is 24.3 Å². The van der Waals surface area contributed by atoms with E-state index in [2.05, 4.69) is 16.3 Å². The smallest absolute Gasteiger partial charge is 0.407 e. The summed E-state index contributed by atoms with van der Waals surface area (Å²) >= 11 is 0. The molecule has 0 unspecified atom stereocenters. The minimum atomic E-state index is -0.482. The van der Waals surface area contributed by atoms with Crippen molar-refractivity contribution in [2.45, 2.75) is 52.1 Å². The van der Waals surface area contributed by atoms with Crippen molar-refractivity contribution in [1.82, 2.24) is 10.2 Å². The van der Waals surface area contributed by atoms with E-state index in [0.717, 1.165) is 63.3 Å². The largest absolute Gasteiger partial charge is 0.495 e. The summed E-state index contributed by atoms with van der Waals surface area (Å²) in [5.41, 5.74) is 0.610. The Labute approximate surface area is 186 Å². The minimum absolute atomic E-state index is 0.107. The summed E-state index contributed by atoms with van der Waals surface area (Å²) in [6.07, 6.45) is 3.36. The number of para-hydroxylation sites is 2. The fourth-order valence-corrected chi connectivity index (χ4v) is 4.47. The molecule has 1 aromatic rings. The molecule has 0 radical (unpaired) electrons. The summed E-state index contributed by atoms with van der Waals surface area (Å²) in [6.45, 7) is 9.34. The number of amides is 2. The number of ether oxygens (including phenoxy) is 2. The molecule has 2 fully saturated rings. The summed E-state index contributed by atoms with van der Waals surface area (Å²) in [4.78, 5) is 29.2. The molecule has 1 heterocycles. The zero-order valence-electron chi connectivity index (χ0n) is 19.4. The third-order valence-electron chi connectivity index (χ3n) is 6.15. The lowest BCUT2D eigenvalue weighted by Crippen LogP contribution is -2.51. The number of alkyl carbamates (subject to hydrolysis) is 1. The van der Waals surface area contributed by atoms with Gasteiger partial charge in [-0.15, -0.1) is 0 Å². The zero-order chi connectivity index (χ0) is 22.4. The van der Waals surface area contributed by atoms with Crippen molar-refractivity contribution in [1.29, 1.82) is 0 Å². The maximum atomic E-state index is 13.0. The summed E-state index contributed by atoms with van der Waals surface area (Å²) in [5, 5.41) is 2.87. The summed E-state index contributed by atoms with van der Waals surface area (Å²) in [5.74, 6) is 1.69. The number of benzene rings is 1. The van der Waals surface area contributed by atoms with Crippen LogP contribution in [-0.2, 0) is 9.53 Å². The number of carbonyl (C=O) groups is 2. The molecule has 1 aliphatic heterocycles. The number of carbonyl (C=O) groups excluding carboxylic acids is 2. The van der Waals surface area contributed by atoms with Crippen molar-refractivity contribution in [2.24, 2.45) is 11.8 Å². The number of nitrogens with one attached hydrogen (secondary N) is 1. The third-order valence-corrected chi connectivity index (χ3v) is 6.15. The number of hydrogen-bond acceptors (Lipinski definition) is 5. The molecule has 0 atom stereocenters. The Morgan fingerprint density at radius 3 is 2.29 bits per heavy atom. The average molecular weight is 432 g/mol. The quantitative estimate of drug-likeness (QED) is 0.770. The standard InChI is InChI=1S/C24H37N3O4/c1-24(2,3)31-23(29)25-17-18-9-11-19(12-10-18)22(28)27-15-13-26(14-16-27)20-7-5-6-8-21(20)30-4/h5-8,18-19H,9-17H2,1-4H3,(H,25,29). The first kappa shape index (κ1) is 23.2. The molecule has 31 heavy (non-hydrogen) atoms. The SMILES string of the molecule is COc1ccccc1N1CCN(C(=O)C2CCC(CNC(=O)OC(C)(C)C)CC2)CC1. The second-order valence-electron chi connectivity index (χ2n) is 9.58. The van der Waals surface area contributed by atoms with E-state index in [1.165, 1.54) is 0 Å². The van der Waals surface area contributed by atoms with Crippen molar-refractivity contribution in [3.05, 3.63) is 24.3 Å². The van der Waals surface area contributed by atoms with Crippen LogP contribution < -0.4 is 15.0 Å². The van der Waals surface area contributed by atoms with Gasteiger partial charge in [-0.05, 0) is 64.5 Å². The molecule has 3 rings (SSSR count). The van der Waals surface area contributed by atoms with E-state index in [1.807, 2.05) is 43.9 Å². The summed E-state index contributed by atoms with van der Waals surface area (Å²) in [6, 6.07) is 8.04. The highest BCUT2D eigenvalue weighted by molar-refractivity contribution is 5.79. The van der Waals surface area contributed by atoms with E-state index in [-0.39, 0.29) is 12.0 Å². The molecule has 0 spiro atoms. The van der Waals surface area contributed by atoms with Gasteiger partial charge in [0.25, 0.3) is 0 Å². The Morgan fingerprint density at radius 2 is 1.68 bits per heavy atom. The van der Waals surface area contributed by atoms with Crippen LogP contribution in [0.1, 0.15) is 46.5 Å². The second-order valence-corrected chi connectivity index (χ2v) is 9.58. The Kier molecular flexibility index (Phi) is 7.68. The number of anilines is 1. The molecular formula is C24H37N3O4. The van der Waals surface area contributed by atoms with Crippen molar-refractivity contribution in [3.63, 3.8) is 0 Å². The minimum Gasteiger partial charge on any atom is -0.495 e. The van der Waals surface area contributed by atoms with Crippen molar-refractivity contribution < 1.29 is 19.1 Å². The second kappa shape index (κ2) is 10.2. The van der Waals surface area contributed by atoms with Crippen LogP contribution in [0.5, 0.6) is 5.75 Å². The van der Waals surface area contributed by atoms with E-state index in [9.17, 15) is 9.59 Å². The van der Waals surface area contributed by atoms with Gasteiger partial charge in [-0.1, -0.05) is 12.1 Å². The molecule has 1 aromatic carbocycles. The van der Waals surface area contributed by atoms with Crippen LogP contribution in [0.3, 0.4) is 0 Å². The molecule has 172 valence electrons. The molecule has 2 aliphatic rings. The first-order chi connectivity index (χ1) is 14.8. The number of nitrogens with zero attached hydrogens (tertiary/aromatic N) is 2. The fraction of sp³-hybridized carbons (Fsp3) is 0.667. The Balaban J connectivity index is 1.41. The molecule has 7 nitrogen and oxygen atoms in total. The maximum absolute atomic E-state index is 13.0. The summed E-state index contributed by atoms with van der Waals surface area (Å²) < 4.78 is 10.8. The number of methoxy groups -OCH3 is 1. The lowest BCUT2D eigenvalue weighted by Gasteiger charge is -2.39. The number of piperazine rings is 1. The Morgan fingerprint density at radius 1 is 1.03 bits per heavy atom. The molecule has 0 aromatic heterocycles. The van der Waals surface area contributed by atoms with Gasteiger partial charge in [0.1, 0.15) is 11.4 Å². The van der Waals surface area contributed by atoms with Gasteiger partial charge in [0.05, 0.1) is 12.8 Å². The van der Waals surface area contributed by atoms with Gasteiger partial charge < -0.3 is 24.6 Å². The van der Waals surface area contributed by atoms with E-state index in [1.54, 1.807) is 7.11 Å². The van der Waals surface area contributed by atoms with Gasteiger partial charge in [-0.25, -0.2) is 4.79 Å². The third kappa shape index (κ3) is 6.52. The van der Waals surface area contributed by atoms with Gasteiger partial charge in [-0.2, -0.15) is 0 Å². The van der Waals surface area contributed by atoms with E-state index >= 15 is 0 Å². The molecule has 7 heteroatoms. The van der Waals surface area contributed by atoms with Crippen LogP contribution >= 0.6 is 0 Å². The van der Waals surface area contributed by atoms with Crippen LogP contribution in [0.2, 0.25) is 0 Å². The lowest BCUT2D eigenvalue weighted by molar-refractivity contribution is -0.137. The first-order valence-corrected chi connectivity index (χ1v) is 11.4. The highest BCUT2D eigenvalue weighted by Crippen LogP contribution is 2.31. The predicted octanol–water partition coefficient (Wildman–Crippen LogP) is 3.67. The lowest BCUT2D eigenvalue weighted by atomic mass is 9.81. The number of hydrogen-bond donors (Lipinski definition) is 1. The highest BCUT2D eigenvalue weighted by atomic mass is 16.6. The zero-order valence-corrected chi connectivity index (χ0v) is 19.4. The van der Waals surface area contributed by atoms with E-state index in [4.69, 9.17) is 9.47 Å². The van der Waals surface area contributed by atoms with Crippen molar-refractivity contribution in [2.75, 3.05) is 44.7 Å². The first-order valence-electron chi connectivity index (χ1n) is 11.4. The highest BCUT2D eigenvalue weighted by Gasteiger charge is 2.31. The molecule has 1 saturated heterocycles. The van der Waals surface area contributed by atoms with Crippen LogP contribution in [-0.4, -0.2) is 62.3 Å². The average Bonchev–Trinajstić information content (AvgIpc) is 2.76. The normalized spacial score (nSPS) is 22.1. The van der Waals surface area contributed by atoms with Gasteiger partial charge in [0, 0.05) is 38.6 Å². The van der Waals surface area contributed by atoms with E-state index < -0.39 is 5.60 Å².